The van der Waals surface area contributed by atoms with Gasteiger partial charge in [0.15, 0.2) is 0 Å². The van der Waals surface area contributed by atoms with Crippen LogP contribution in [0.2, 0.25) is 0 Å². The summed E-state index contributed by atoms with van der Waals surface area (Å²) in [5.41, 5.74) is 4.06. The van der Waals surface area contributed by atoms with Gasteiger partial charge in [-0.1, -0.05) is 18.2 Å². The molecule has 0 saturated heterocycles. The fourth-order valence-electron chi connectivity index (χ4n) is 3.23. The summed E-state index contributed by atoms with van der Waals surface area (Å²) in [5.74, 6) is -0.00310. The molecule has 1 aromatic rings. The van der Waals surface area contributed by atoms with E-state index >= 15 is 0 Å². The molecule has 0 radical (unpaired) electrons. The molecule has 0 aliphatic heterocycles. The van der Waals surface area contributed by atoms with E-state index in [2.05, 4.69) is 28.8 Å². The molecule has 26 heavy (non-hydrogen) atoms. The maximum atomic E-state index is 12.3. The predicted molar refractivity (Wildman–Crippen MR) is 104 cm³/mol. The van der Waals surface area contributed by atoms with Crippen LogP contribution in [0.3, 0.4) is 0 Å². The van der Waals surface area contributed by atoms with Gasteiger partial charge in [0.25, 0.3) is 0 Å². The zero-order valence-electron chi connectivity index (χ0n) is 16.5. The van der Waals surface area contributed by atoms with E-state index in [1.54, 1.807) is 14.1 Å². The summed E-state index contributed by atoms with van der Waals surface area (Å²) >= 11 is 0. The summed E-state index contributed by atoms with van der Waals surface area (Å²) in [6, 6.07) is 6.47. The highest BCUT2D eigenvalue weighted by Gasteiger charge is 2.15. The summed E-state index contributed by atoms with van der Waals surface area (Å²) in [7, 11) is 5.29. The number of nitrogens with zero attached hydrogens (tertiary/aromatic N) is 2. The zero-order chi connectivity index (χ0) is 19.1. The van der Waals surface area contributed by atoms with Crippen molar-refractivity contribution >= 4 is 11.9 Å². The number of amides is 3. The van der Waals surface area contributed by atoms with Crippen LogP contribution in [0.5, 0.6) is 0 Å². The third kappa shape index (κ3) is 6.02. The van der Waals surface area contributed by atoms with Gasteiger partial charge in [-0.05, 0) is 56.3 Å². The summed E-state index contributed by atoms with van der Waals surface area (Å²) in [6.07, 6.45) is 4.85. The first-order valence-corrected chi connectivity index (χ1v) is 9.41. The number of benzene rings is 1. The molecule has 144 valence electrons. The molecule has 0 heterocycles. The second-order valence-corrected chi connectivity index (χ2v) is 7.39. The SMILES string of the molecule is C[C@@H](NC(=O)CN(C)CCNC(=O)N(C)C)c1ccc2c(c1)CCCC2. The van der Waals surface area contributed by atoms with Crippen LogP contribution >= 0.6 is 0 Å². The van der Waals surface area contributed by atoms with Crippen molar-refractivity contribution in [2.24, 2.45) is 0 Å². The van der Waals surface area contributed by atoms with Crippen molar-refractivity contribution < 1.29 is 9.59 Å². The molecule has 0 spiro atoms. The lowest BCUT2D eigenvalue weighted by atomic mass is 9.89. The van der Waals surface area contributed by atoms with Crippen molar-refractivity contribution in [2.75, 3.05) is 40.8 Å². The monoisotopic (exact) mass is 360 g/mol. The Kier molecular flexibility index (Phi) is 7.45. The summed E-state index contributed by atoms with van der Waals surface area (Å²) in [6.45, 7) is 3.48. The Morgan fingerprint density at radius 2 is 1.81 bits per heavy atom. The fourth-order valence-corrected chi connectivity index (χ4v) is 3.23. The number of likely N-dealkylation sites (N-methyl/N-ethyl adjacent to an activating group) is 1. The van der Waals surface area contributed by atoms with E-state index in [4.69, 9.17) is 0 Å². The molecule has 1 aromatic carbocycles. The number of carbonyl (C=O) groups is 2. The molecule has 6 nitrogen and oxygen atoms in total. The third-order valence-electron chi connectivity index (χ3n) is 4.84. The minimum absolute atomic E-state index is 0.00310. The molecule has 1 atom stereocenters. The fraction of sp³-hybridized carbons (Fsp3) is 0.600. The average molecular weight is 361 g/mol. The quantitative estimate of drug-likeness (QED) is 0.781. The van der Waals surface area contributed by atoms with Crippen LogP contribution in [0, 0.1) is 0 Å². The maximum Gasteiger partial charge on any atom is 0.316 e. The number of hydrogen-bond acceptors (Lipinski definition) is 3. The molecule has 0 unspecified atom stereocenters. The number of rotatable bonds is 7. The zero-order valence-corrected chi connectivity index (χ0v) is 16.5. The van der Waals surface area contributed by atoms with E-state index in [1.165, 1.54) is 40.9 Å². The van der Waals surface area contributed by atoms with Gasteiger partial charge in [0.05, 0.1) is 12.6 Å². The maximum absolute atomic E-state index is 12.3. The van der Waals surface area contributed by atoms with Crippen LogP contribution in [0.15, 0.2) is 18.2 Å². The van der Waals surface area contributed by atoms with Gasteiger partial charge >= 0.3 is 6.03 Å². The van der Waals surface area contributed by atoms with Gasteiger partial charge in [-0.15, -0.1) is 0 Å². The Morgan fingerprint density at radius 3 is 2.50 bits per heavy atom. The van der Waals surface area contributed by atoms with Crippen LogP contribution in [0.25, 0.3) is 0 Å². The first-order valence-electron chi connectivity index (χ1n) is 9.41. The Balaban J connectivity index is 1.77. The van der Waals surface area contributed by atoms with Gasteiger partial charge in [0.1, 0.15) is 0 Å². The molecule has 3 amide bonds. The van der Waals surface area contributed by atoms with Gasteiger partial charge in [-0.2, -0.15) is 0 Å². The minimum atomic E-state index is -0.121. The third-order valence-corrected chi connectivity index (χ3v) is 4.84. The Labute approximate surface area is 156 Å². The summed E-state index contributed by atoms with van der Waals surface area (Å²) in [4.78, 5) is 27.2. The largest absolute Gasteiger partial charge is 0.348 e. The first-order chi connectivity index (χ1) is 12.4. The molecule has 0 aromatic heterocycles. The number of hydrogen-bond donors (Lipinski definition) is 2. The number of carbonyl (C=O) groups excluding carboxylic acids is 2. The lowest BCUT2D eigenvalue weighted by Gasteiger charge is -2.22. The van der Waals surface area contributed by atoms with Crippen LogP contribution in [-0.2, 0) is 17.6 Å². The highest BCUT2D eigenvalue weighted by Crippen LogP contribution is 2.24. The highest BCUT2D eigenvalue weighted by molar-refractivity contribution is 5.78. The van der Waals surface area contributed by atoms with Crippen molar-refractivity contribution in [3.8, 4) is 0 Å². The average Bonchev–Trinajstić information content (AvgIpc) is 2.60. The van der Waals surface area contributed by atoms with Gasteiger partial charge < -0.3 is 15.5 Å². The molecule has 2 N–H and O–H groups in total. The molecule has 1 aliphatic carbocycles. The van der Waals surface area contributed by atoms with E-state index in [1.807, 2.05) is 18.9 Å². The molecule has 6 heteroatoms. The molecule has 0 saturated carbocycles. The molecule has 2 rings (SSSR count). The van der Waals surface area contributed by atoms with Crippen LogP contribution in [0.4, 0.5) is 4.79 Å². The number of urea groups is 1. The molecule has 0 fully saturated rings. The molecule has 1 aliphatic rings. The first kappa shape index (κ1) is 20.2. The number of fused-ring (bicyclic) bond motifs is 1. The summed E-state index contributed by atoms with van der Waals surface area (Å²) in [5, 5.41) is 5.87. The van der Waals surface area contributed by atoms with E-state index < -0.39 is 0 Å². The van der Waals surface area contributed by atoms with Crippen molar-refractivity contribution in [2.45, 2.75) is 38.6 Å². The van der Waals surface area contributed by atoms with Crippen molar-refractivity contribution in [1.29, 1.82) is 0 Å². The predicted octanol–water partition coefficient (Wildman–Crippen LogP) is 1.95. The van der Waals surface area contributed by atoms with Crippen molar-refractivity contribution in [1.82, 2.24) is 20.4 Å². The topological polar surface area (TPSA) is 64.7 Å². The molecular weight excluding hydrogens is 328 g/mol. The second kappa shape index (κ2) is 9.57. The van der Waals surface area contributed by atoms with Gasteiger partial charge in [0.2, 0.25) is 5.91 Å². The second-order valence-electron chi connectivity index (χ2n) is 7.39. The molecule has 0 bridgehead atoms. The summed E-state index contributed by atoms with van der Waals surface area (Å²) < 4.78 is 0. The van der Waals surface area contributed by atoms with Crippen molar-refractivity contribution in [3.63, 3.8) is 0 Å². The lowest BCUT2D eigenvalue weighted by molar-refractivity contribution is -0.122. The number of aryl methyl sites for hydroxylation is 2. The smallest absolute Gasteiger partial charge is 0.316 e. The molecular formula is C20H32N4O2. The van der Waals surface area contributed by atoms with Gasteiger partial charge in [-0.25, -0.2) is 4.79 Å². The lowest BCUT2D eigenvalue weighted by Crippen LogP contribution is -2.42. The Morgan fingerprint density at radius 1 is 1.12 bits per heavy atom. The van der Waals surface area contributed by atoms with Gasteiger partial charge in [-0.3, -0.25) is 9.69 Å². The van der Waals surface area contributed by atoms with E-state index in [0.717, 1.165) is 6.42 Å². The van der Waals surface area contributed by atoms with Gasteiger partial charge in [0, 0.05) is 27.2 Å². The van der Waals surface area contributed by atoms with Crippen LogP contribution < -0.4 is 10.6 Å². The van der Waals surface area contributed by atoms with E-state index in [-0.39, 0.29) is 18.0 Å². The Hall–Kier alpha value is -2.08. The standard InChI is InChI=1S/C20H32N4O2/c1-15(17-10-9-16-7-5-6-8-18(16)13-17)22-19(25)14-24(4)12-11-21-20(26)23(2)3/h9-10,13,15H,5-8,11-12,14H2,1-4H3,(H,21,26)(H,22,25)/t15-/m1/s1. The Bertz CT molecular complexity index is 630. The van der Waals surface area contributed by atoms with E-state index in [9.17, 15) is 9.59 Å². The minimum Gasteiger partial charge on any atom is -0.348 e. The van der Waals surface area contributed by atoms with Crippen LogP contribution in [0.1, 0.15) is 42.5 Å². The normalized spacial score (nSPS) is 14.5. The van der Waals surface area contributed by atoms with Crippen molar-refractivity contribution in [3.05, 3.63) is 34.9 Å². The highest BCUT2D eigenvalue weighted by atomic mass is 16.2. The van der Waals surface area contributed by atoms with E-state index in [0.29, 0.717) is 19.6 Å². The van der Waals surface area contributed by atoms with Crippen LogP contribution in [-0.4, -0.2) is 62.5 Å². The number of nitrogens with one attached hydrogen (secondary N) is 2.